The quantitative estimate of drug-likeness (QED) is 0.352. The van der Waals surface area contributed by atoms with E-state index in [0.717, 1.165) is 5.56 Å². The topological polar surface area (TPSA) is 63.4 Å². The molecule has 0 radical (unpaired) electrons. The van der Waals surface area contributed by atoms with Gasteiger partial charge in [-0.05, 0) is 59.5 Å². The number of halogens is 4. The number of nitrogens with zero attached hydrogens (tertiary/aromatic N) is 1. The molecule has 0 bridgehead atoms. The van der Waals surface area contributed by atoms with Crippen molar-refractivity contribution in [1.29, 1.82) is 0 Å². The minimum absolute atomic E-state index is 0.124. The van der Waals surface area contributed by atoms with Crippen molar-refractivity contribution in [3.8, 4) is 0 Å². The van der Waals surface area contributed by atoms with E-state index in [9.17, 15) is 9.59 Å². The zero-order chi connectivity index (χ0) is 25.8. The standard InChI is InChI=1S/C28H22Cl4N2O2/c29-22-8-6-18(12-24(22)31)10-20-15-34(28(36)26(33)14-17-4-2-1-3-5-17)16-21(27(20)35)11-19-7-9-23(30)25(32)13-19/h1-13,26H,14-16,33H2/b20-10-,21-11-/t26-/m0/s1. The smallest absolute Gasteiger partial charge is 0.240 e. The van der Waals surface area contributed by atoms with Crippen LogP contribution in [0.15, 0.2) is 77.9 Å². The number of amides is 1. The number of piperidine rings is 1. The predicted molar refractivity (Wildman–Crippen MR) is 149 cm³/mol. The van der Waals surface area contributed by atoms with Crippen molar-refractivity contribution in [3.63, 3.8) is 0 Å². The average Bonchev–Trinajstić information content (AvgIpc) is 2.86. The third-order valence-electron chi connectivity index (χ3n) is 5.80. The van der Waals surface area contributed by atoms with Crippen molar-refractivity contribution < 1.29 is 9.59 Å². The second-order valence-electron chi connectivity index (χ2n) is 8.51. The monoisotopic (exact) mass is 558 g/mol. The fourth-order valence-electron chi connectivity index (χ4n) is 3.99. The van der Waals surface area contributed by atoms with Gasteiger partial charge in [-0.25, -0.2) is 0 Å². The van der Waals surface area contributed by atoms with Gasteiger partial charge in [0.25, 0.3) is 0 Å². The van der Waals surface area contributed by atoms with Gasteiger partial charge < -0.3 is 10.6 Å². The first-order valence-electron chi connectivity index (χ1n) is 11.2. The summed E-state index contributed by atoms with van der Waals surface area (Å²) in [5.74, 6) is -0.417. The van der Waals surface area contributed by atoms with Crippen LogP contribution < -0.4 is 5.73 Å². The fourth-order valence-corrected chi connectivity index (χ4v) is 4.60. The summed E-state index contributed by atoms with van der Waals surface area (Å²) in [5.41, 5.74) is 9.54. The number of nitrogens with two attached hydrogens (primary N) is 1. The summed E-state index contributed by atoms with van der Waals surface area (Å²) in [7, 11) is 0. The van der Waals surface area contributed by atoms with E-state index in [0.29, 0.717) is 48.8 Å². The van der Waals surface area contributed by atoms with Crippen molar-refractivity contribution >= 4 is 70.2 Å². The largest absolute Gasteiger partial charge is 0.332 e. The van der Waals surface area contributed by atoms with Gasteiger partial charge in [-0.3, -0.25) is 9.59 Å². The van der Waals surface area contributed by atoms with E-state index >= 15 is 0 Å². The summed E-state index contributed by atoms with van der Waals surface area (Å²) in [6.45, 7) is 0.248. The van der Waals surface area contributed by atoms with E-state index in [-0.39, 0.29) is 24.8 Å². The molecule has 184 valence electrons. The highest BCUT2D eigenvalue weighted by Gasteiger charge is 2.31. The van der Waals surface area contributed by atoms with Crippen LogP contribution in [0.2, 0.25) is 20.1 Å². The lowest BCUT2D eigenvalue weighted by Gasteiger charge is -2.32. The second kappa shape index (κ2) is 11.6. The molecule has 0 saturated carbocycles. The second-order valence-corrected chi connectivity index (χ2v) is 10.1. The summed E-state index contributed by atoms with van der Waals surface area (Å²) in [6, 6.07) is 19.0. The van der Waals surface area contributed by atoms with Crippen LogP contribution in [-0.2, 0) is 16.0 Å². The van der Waals surface area contributed by atoms with Gasteiger partial charge >= 0.3 is 0 Å². The number of rotatable bonds is 5. The van der Waals surface area contributed by atoms with Crippen molar-refractivity contribution in [2.45, 2.75) is 12.5 Å². The first-order valence-corrected chi connectivity index (χ1v) is 12.7. The van der Waals surface area contributed by atoms with Crippen molar-refractivity contribution in [2.75, 3.05) is 13.1 Å². The molecule has 0 spiro atoms. The maximum absolute atomic E-state index is 13.4. The summed E-state index contributed by atoms with van der Waals surface area (Å²) in [5, 5.41) is 1.58. The maximum atomic E-state index is 13.4. The normalized spacial score (nSPS) is 17.0. The van der Waals surface area contributed by atoms with Gasteiger partial charge in [-0.1, -0.05) is 88.9 Å². The molecule has 8 heteroatoms. The maximum Gasteiger partial charge on any atom is 0.240 e. The van der Waals surface area contributed by atoms with Crippen LogP contribution in [0.25, 0.3) is 12.2 Å². The summed E-state index contributed by atoms with van der Waals surface area (Å²) >= 11 is 24.4. The van der Waals surface area contributed by atoms with Crippen molar-refractivity contribution in [3.05, 3.63) is 115 Å². The van der Waals surface area contributed by atoms with Crippen LogP contribution in [-0.4, -0.2) is 35.7 Å². The third-order valence-corrected chi connectivity index (χ3v) is 7.28. The minimum Gasteiger partial charge on any atom is -0.332 e. The van der Waals surface area contributed by atoms with E-state index in [1.54, 1.807) is 53.5 Å². The number of likely N-dealkylation sites (tertiary alicyclic amines) is 1. The Balaban J connectivity index is 1.68. The van der Waals surface area contributed by atoms with Crippen molar-refractivity contribution in [2.24, 2.45) is 5.73 Å². The molecular weight excluding hydrogens is 538 g/mol. The molecule has 2 N–H and O–H groups in total. The Kier molecular flexibility index (Phi) is 8.55. The molecule has 1 amide bonds. The zero-order valence-corrected chi connectivity index (χ0v) is 22.1. The highest BCUT2D eigenvalue weighted by molar-refractivity contribution is 6.42. The van der Waals surface area contributed by atoms with E-state index in [1.165, 1.54) is 0 Å². The SMILES string of the molecule is N[C@@H](Cc1ccccc1)C(=O)N1C/C(=C/c2ccc(Cl)c(Cl)c2)C(=O)/C(=C\c2ccc(Cl)c(Cl)c2)C1. The number of ketones is 1. The molecular formula is C28H22Cl4N2O2. The Labute approximate surface area is 229 Å². The highest BCUT2D eigenvalue weighted by Crippen LogP contribution is 2.28. The Hall–Kier alpha value is -2.60. The summed E-state index contributed by atoms with van der Waals surface area (Å²) < 4.78 is 0. The summed E-state index contributed by atoms with van der Waals surface area (Å²) in [4.78, 5) is 28.4. The van der Waals surface area contributed by atoms with Gasteiger partial charge in [0, 0.05) is 24.2 Å². The lowest BCUT2D eigenvalue weighted by molar-refractivity contribution is -0.132. The van der Waals surface area contributed by atoms with Crippen LogP contribution in [0, 0.1) is 0 Å². The predicted octanol–water partition coefficient (Wildman–Crippen LogP) is 6.75. The Bertz CT molecular complexity index is 1300. The Morgan fingerprint density at radius 1 is 0.806 bits per heavy atom. The van der Waals surface area contributed by atoms with E-state index in [4.69, 9.17) is 52.1 Å². The molecule has 1 fully saturated rings. The lowest BCUT2D eigenvalue weighted by Crippen LogP contribution is -2.49. The molecule has 1 heterocycles. The van der Waals surface area contributed by atoms with E-state index < -0.39 is 6.04 Å². The molecule has 3 aromatic carbocycles. The van der Waals surface area contributed by atoms with E-state index in [1.807, 2.05) is 30.3 Å². The molecule has 1 aliphatic heterocycles. The lowest BCUT2D eigenvalue weighted by atomic mass is 9.93. The minimum atomic E-state index is -0.752. The number of hydrogen-bond donors (Lipinski definition) is 1. The Morgan fingerprint density at radius 3 is 1.78 bits per heavy atom. The molecule has 1 aliphatic rings. The number of benzene rings is 3. The first-order chi connectivity index (χ1) is 17.2. The van der Waals surface area contributed by atoms with Crippen LogP contribution in [0.1, 0.15) is 16.7 Å². The number of carbonyl (C=O) groups excluding carboxylic acids is 2. The number of carbonyl (C=O) groups is 2. The first kappa shape index (κ1) is 26.5. The summed E-state index contributed by atoms with van der Waals surface area (Å²) in [6.07, 6.45) is 3.83. The van der Waals surface area contributed by atoms with Gasteiger partial charge in [-0.15, -0.1) is 0 Å². The molecule has 1 atom stereocenters. The van der Waals surface area contributed by atoms with Crippen LogP contribution in [0.3, 0.4) is 0 Å². The number of hydrogen-bond acceptors (Lipinski definition) is 3. The van der Waals surface area contributed by atoms with Crippen molar-refractivity contribution in [1.82, 2.24) is 4.90 Å². The molecule has 3 aromatic rings. The molecule has 0 aromatic heterocycles. The van der Waals surface area contributed by atoms with Gasteiger partial charge in [0.05, 0.1) is 26.1 Å². The van der Waals surface area contributed by atoms with E-state index in [2.05, 4.69) is 0 Å². The van der Waals surface area contributed by atoms with Crippen LogP contribution in [0.4, 0.5) is 0 Å². The molecule has 0 aliphatic carbocycles. The molecule has 36 heavy (non-hydrogen) atoms. The van der Waals surface area contributed by atoms with Crippen LogP contribution >= 0.6 is 46.4 Å². The average molecular weight is 560 g/mol. The number of Topliss-reactive ketones (excluding diaryl/α,β-unsaturated/α-hetero) is 1. The van der Waals surface area contributed by atoms with Crippen LogP contribution in [0.5, 0.6) is 0 Å². The van der Waals surface area contributed by atoms with Gasteiger partial charge in [0.15, 0.2) is 5.78 Å². The molecule has 4 nitrogen and oxygen atoms in total. The van der Waals surface area contributed by atoms with Gasteiger partial charge in [0.1, 0.15) is 0 Å². The molecule has 0 unspecified atom stereocenters. The molecule has 4 rings (SSSR count). The fraction of sp³-hybridized carbons (Fsp3) is 0.143. The van der Waals surface area contributed by atoms with Gasteiger partial charge in [-0.2, -0.15) is 0 Å². The third kappa shape index (κ3) is 6.39. The Morgan fingerprint density at radius 2 is 1.31 bits per heavy atom. The van der Waals surface area contributed by atoms with Gasteiger partial charge in [0.2, 0.25) is 5.91 Å². The molecule has 1 saturated heterocycles. The highest BCUT2D eigenvalue weighted by atomic mass is 35.5. The zero-order valence-electron chi connectivity index (χ0n) is 19.1.